The van der Waals surface area contributed by atoms with Crippen LogP contribution in [0.2, 0.25) is 0 Å². The molecule has 0 atom stereocenters. The fourth-order valence-corrected chi connectivity index (χ4v) is 1.95. The molecule has 0 unspecified atom stereocenters. The van der Waals surface area contributed by atoms with E-state index in [9.17, 15) is 0 Å². The van der Waals surface area contributed by atoms with Crippen LogP contribution >= 0.6 is 24.8 Å². The SMILES string of the molecule is CCNCCCNCc1ccc2c(c1)OCCO2.Cl.Cl. The second-order valence-electron chi connectivity index (χ2n) is 4.36. The lowest BCUT2D eigenvalue weighted by atomic mass is 10.2. The quantitative estimate of drug-likeness (QED) is 0.756. The van der Waals surface area contributed by atoms with Gasteiger partial charge in [0.25, 0.3) is 0 Å². The molecule has 20 heavy (non-hydrogen) atoms. The van der Waals surface area contributed by atoms with Gasteiger partial charge in [0.15, 0.2) is 11.5 Å². The zero-order chi connectivity index (χ0) is 12.6. The van der Waals surface area contributed by atoms with Crippen molar-refractivity contribution in [3.05, 3.63) is 23.8 Å². The van der Waals surface area contributed by atoms with Crippen molar-refractivity contribution in [3.63, 3.8) is 0 Å². The molecule has 1 aromatic rings. The summed E-state index contributed by atoms with van der Waals surface area (Å²) in [6.45, 7) is 7.45. The van der Waals surface area contributed by atoms with Gasteiger partial charge >= 0.3 is 0 Å². The largest absolute Gasteiger partial charge is 0.486 e. The molecule has 1 aliphatic rings. The predicted molar refractivity (Wildman–Crippen MR) is 86.8 cm³/mol. The molecular formula is C14H24Cl2N2O2. The topological polar surface area (TPSA) is 42.5 Å². The van der Waals surface area contributed by atoms with Crippen molar-refractivity contribution < 1.29 is 9.47 Å². The number of hydrogen-bond acceptors (Lipinski definition) is 4. The Balaban J connectivity index is 0.00000180. The molecule has 0 fully saturated rings. The number of hydrogen-bond donors (Lipinski definition) is 2. The number of fused-ring (bicyclic) bond motifs is 1. The number of ether oxygens (including phenoxy) is 2. The maximum Gasteiger partial charge on any atom is 0.161 e. The lowest BCUT2D eigenvalue weighted by Gasteiger charge is -2.19. The van der Waals surface area contributed by atoms with Crippen LogP contribution in [0.5, 0.6) is 11.5 Å². The Labute approximate surface area is 133 Å². The van der Waals surface area contributed by atoms with Crippen molar-refractivity contribution in [3.8, 4) is 11.5 Å². The molecule has 6 heteroatoms. The molecule has 0 amide bonds. The molecule has 0 saturated carbocycles. The summed E-state index contributed by atoms with van der Waals surface area (Å²) in [7, 11) is 0. The summed E-state index contributed by atoms with van der Waals surface area (Å²) in [4.78, 5) is 0. The van der Waals surface area contributed by atoms with Crippen LogP contribution in [0.1, 0.15) is 18.9 Å². The van der Waals surface area contributed by atoms with Crippen molar-refractivity contribution in [2.75, 3.05) is 32.8 Å². The van der Waals surface area contributed by atoms with Crippen LogP contribution in [0.15, 0.2) is 18.2 Å². The molecule has 4 nitrogen and oxygen atoms in total. The summed E-state index contributed by atoms with van der Waals surface area (Å²) in [6.07, 6.45) is 1.15. The maximum atomic E-state index is 5.56. The Morgan fingerprint density at radius 1 is 1.00 bits per heavy atom. The van der Waals surface area contributed by atoms with Gasteiger partial charge in [-0.3, -0.25) is 0 Å². The van der Waals surface area contributed by atoms with Gasteiger partial charge in [-0.2, -0.15) is 0 Å². The monoisotopic (exact) mass is 322 g/mol. The van der Waals surface area contributed by atoms with Crippen molar-refractivity contribution in [1.29, 1.82) is 0 Å². The first kappa shape index (κ1) is 19.3. The van der Waals surface area contributed by atoms with Crippen LogP contribution in [-0.4, -0.2) is 32.8 Å². The fourth-order valence-electron chi connectivity index (χ4n) is 1.95. The van der Waals surface area contributed by atoms with E-state index >= 15 is 0 Å². The molecule has 0 aliphatic carbocycles. The van der Waals surface area contributed by atoms with Gasteiger partial charge in [0.05, 0.1) is 0 Å². The molecule has 1 aliphatic heterocycles. The van der Waals surface area contributed by atoms with Gasteiger partial charge in [0.2, 0.25) is 0 Å². The summed E-state index contributed by atoms with van der Waals surface area (Å²) < 4.78 is 11.1. The molecule has 0 spiro atoms. The van der Waals surface area contributed by atoms with E-state index in [0.717, 1.165) is 44.1 Å². The number of nitrogens with one attached hydrogen (secondary N) is 2. The number of halogens is 2. The highest BCUT2D eigenvalue weighted by atomic mass is 35.5. The lowest BCUT2D eigenvalue weighted by molar-refractivity contribution is 0.171. The molecule has 0 radical (unpaired) electrons. The zero-order valence-corrected chi connectivity index (χ0v) is 13.4. The maximum absolute atomic E-state index is 5.56. The van der Waals surface area contributed by atoms with E-state index < -0.39 is 0 Å². The third kappa shape index (κ3) is 6.18. The number of rotatable bonds is 7. The minimum Gasteiger partial charge on any atom is -0.486 e. The van der Waals surface area contributed by atoms with Crippen LogP contribution < -0.4 is 20.1 Å². The van der Waals surface area contributed by atoms with E-state index in [-0.39, 0.29) is 24.8 Å². The van der Waals surface area contributed by atoms with Crippen LogP contribution in [0.25, 0.3) is 0 Å². The Hall–Kier alpha value is -0.680. The molecule has 0 saturated heterocycles. The zero-order valence-electron chi connectivity index (χ0n) is 11.8. The van der Waals surface area contributed by atoms with E-state index in [4.69, 9.17) is 9.47 Å². The van der Waals surface area contributed by atoms with Crippen LogP contribution in [0.4, 0.5) is 0 Å². The van der Waals surface area contributed by atoms with Crippen LogP contribution in [0.3, 0.4) is 0 Å². The minimum atomic E-state index is 0. The highest BCUT2D eigenvalue weighted by Crippen LogP contribution is 2.30. The molecular weight excluding hydrogens is 299 g/mol. The first-order valence-electron chi connectivity index (χ1n) is 6.70. The first-order valence-corrected chi connectivity index (χ1v) is 6.70. The van der Waals surface area contributed by atoms with Crippen molar-refractivity contribution in [1.82, 2.24) is 10.6 Å². The molecule has 0 bridgehead atoms. The van der Waals surface area contributed by atoms with E-state index in [1.54, 1.807) is 0 Å². The van der Waals surface area contributed by atoms with E-state index in [1.165, 1.54) is 5.56 Å². The summed E-state index contributed by atoms with van der Waals surface area (Å²) in [5.41, 5.74) is 1.24. The van der Waals surface area contributed by atoms with Crippen LogP contribution in [0, 0.1) is 0 Å². The van der Waals surface area contributed by atoms with Gasteiger partial charge in [0.1, 0.15) is 13.2 Å². The first-order chi connectivity index (χ1) is 8.90. The average molecular weight is 323 g/mol. The van der Waals surface area contributed by atoms with Gasteiger partial charge in [-0.05, 0) is 43.8 Å². The van der Waals surface area contributed by atoms with Crippen molar-refractivity contribution in [2.45, 2.75) is 19.9 Å². The smallest absolute Gasteiger partial charge is 0.161 e. The Morgan fingerprint density at radius 3 is 2.45 bits per heavy atom. The summed E-state index contributed by atoms with van der Waals surface area (Å²) in [5, 5.41) is 6.74. The second-order valence-corrected chi connectivity index (χ2v) is 4.36. The Kier molecular flexibility index (Phi) is 10.7. The Bertz CT molecular complexity index is 378. The van der Waals surface area contributed by atoms with Gasteiger partial charge in [-0.25, -0.2) is 0 Å². The summed E-state index contributed by atoms with van der Waals surface area (Å²) in [5.74, 6) is 1.73. The molecule has 2 rings (SSSR count). The minimum absolute atomic E-state index is 0. The van der Waals surface area contributed by atoms with E-state index in [2.05, 4.69) is 29.7 Å². The fraction of sp³-hybridized carbons (Fsp3) is 0.571. The molecule has 2 N–H and O–H groups in total. The number of benzene rings is 1. The lowest BCUT2D eigenvalue weighted by Crippen LogP contribution is -2.21. The highest BCUT2D eigenvalue weighted by Gasteiger charge is 2.11. The van der Waals surface area contributed by atoms with Crippen LogP contribution in [-0.2, 0) is 6.54 Å². The van der Waals surface area contributed by atoms with E-state index in [0.29, 0.717) is 13.2 Å². The van der Waals surface area contributed by atoms with Gasteiger partial charge < -0.3 is 20.1 Å². The molecule has 1 heterocycles. The summed E-state index contributed by atoms with van der Waals surface area (Å²) >= 11 is 0. The van der Waals surface area contributed by atoms with Gasteiger partial charge in [0, 0.05) is 6.54 Å². The molecule has 116 valence electrons. The van der Waals surface area contributed by atoms with Gasteiger partial charge in [-0.15, -0.1) is 24.8 Å². The standard InChI is InChI=1S/C14H22N2O2.2ClH/c1-2-15-6-3-7-16-11-12-4-5-13-14(10-12)18-9-8-17-13;;/h4-5,10,15-16H,2-3,6-9,11H2,1H3;2*1H. The van der Waals surface area contributed by atoms with Crippen molar-refractivity contribution >= 4 is 24.8 Å². The summed E-state index contributed by atoms with van der Waals surface area (Å²) in [6, 6.07) is 6.14. The third-order valence-corrected chi connectivity index (χ3v) is 2.89. The second kappa shape index (κ2) is 11.0. The van der Waals surface area contributed by atoms with Gasteiger partial charge in [-0.1, -0.05) is 13.0 Å². The van der Waals surface area contributed by atoms with Crippen molar-refractivity contribution in [2.24, 2.45) is 0 Å². The Morgan fingerprint density at radius 2 is 1.70 bits per heavy atom. The van der Waals surface area contributed by atoms with E-state index in [1.807, 2.05) is 6.07 Å². The highest BCUT2D eigenvalue weighted by molar-refractivity contribution is 5.85. The predicted octanol–water partition coefficient (Wildman–Crippen LogP) is 2.39. The molecule has 1 aromatic carbocycles. The third-order valence-electron chi connectivity index (χ3n) is 2.89. The normalized spacial score (nSPS) is 12.2. The average Bonchev–Trinajstić information content (AvgIpc) is 2.42. The molecule has 0 aromatic heterocycles.